The van der Waals surface area contributed by atoms with E-state index in [2.05, 4.69) is 13.8 Å². The van der Waals surface area contributed by atoms with E-state index in [1.165, 1.54) is 4.90 Å². The largest absolute Gasteiger partial charge is 0.443 e. The molecule has 18 heavy (non-hydrogen) atoms. The number of likely N-dealkylation sites (tertiary alicyclic amines) is 1. The summed E-state index contributed by atoms with van der Waals surface area (Å²) < 4.78 is 5.35. The predicted octanol–water partition coefficient (Wildman–Crippen LogP) is 2.42. The van der Waals surface area contributed by atoms with E-state index in [4.69, 9.17) is 4.74 Å². The molecule has 3 aliphatic rings. The monoisotopic (exact) mass is 251 g/mol. The number of amides is 2. The molecule has 2 amide bonds. The quantitative estimate of drug-likeness (QED) is 0.664. The molecule has 3 rings (SSSR count). The van der Waals surface area contributed by atoms with Gasteiger partial charge in [0.25, 0.3) is 0 Å². The van der Waals surface area contributed by atoms with E-state index in [0.717, 1.165) is 6.42 Å². The maximum Gasteiger partial charge on any atom is 0.417 e. The summed E-state index contributed by atoms with van der Waals surface area (Å²) in [6, 6.07) is 0.107. The second-order valence-corrected chi connectivity index (χ2v) is 7.47. The Balaban J connectivity index is 1.81. The van der Waals surface area contributed by atoms with Crippen LogP contribution in [0.4, 0.5) is 4.79 Å². The molecular weight excluding hydrogens is 230 g/mol. The van der Waals surface area contributed by atoms with Crippen LogP contribution < -0.4 is 0 Å². The third kappa shape index (κ3) is 1.26. The highest BCUT2D eigenvalue weighted by molar-refractivity contribution is 5.98. The van der Waals surface area contributed by atoms with Crippen molar-refractivity contribution in [3.63, 3.8) is 0 Å². The molecule has 1 heterocycles. The van der Waals surface area contributed by atoms with Crippen molar-refractivity contribution in [2.24, 2.45) is 23.2 Å². The van der Waals surface area contributed by atoms with Gasteiger partial charge in [0.2, 0.25) is 5.91 Å². The summed E-state index contributed by atoms with van der Waals surface area (Å²) in [4.78, 5) is 25.9. The minimum absolute atomic E-state index is 0.0157. The number of hydrogen-bond acceptors (Lipinski definition) is 3. The van der Waals surface area contributed by atoms with Crippen molar-refractivity contribution in [2.75, 3.05) is 0 Å². The van der Waals surface area contributed by atoms with Crippen molar-refractivity contribution >= 4 is 12.0 Å². The van der Waals surface area contributed by atoms with Crippen molar-refractivity contribution < 1.29 is 14.3 Å². The number of rotatable bonds is 0. The van der Waals surface area contributed by atoms with E-state index in [1.807, 2.05) is 20.8 Å². The molecule has 2 aliphatic carbocycles. The normalized spacial score (nSPS) is 39.8. The van der Waals surface area contributed by atoms with Gasteiger partial charge in [0.1, 0.15) is 5.60 Å². The molecule has 4 heteroatoms. The van der Waals surface area contributed by atoms with Crippen LogP contribution in [0.1, 0.15) is 41.0 Å². The Labute approximate surface area is 108 Å². The first-order valence-electron chi connectivity index (χ1n) is 6.70. The third-order valence-corrected chi connectivity index (χ3v) is 4.97. The number of imide groups is 1. The fraction of sp³-hybridized carbons (Fsp3) is 0.857. The Morgan fingerprint density at radius 1 is 1.39 bits per heavy atom. The molecule has 3 fully saturated rings. The molecular formula is C14H21NO3. The van der Waals surface area contributed by atoms with Gasteiger partial charge in [-0.3, -0.25) is 4.79 Å². The Kier molecular flexibility index (Phi) is 2.06. The summed E-state index contributed by atoms with van der Waals surface area (Å²) in [5, 5.41) is 0. The Morgan fingerprint density at radius 3 is 2.50 bits per heavy atom. The van der Waals surface area contributed by atoms with Crippen molar-refractivity contribution in [1.29, 1.82) is 0 Å². The zero-order valence-corrected chi connectivity index (χ0v) is 11.7. The van der Waals surface area contributed by atoms with Crippen LogP contribution in [-0.4, -0.2) is 28.5 Å². The number of ether oxygens (including phenoxy) is 1. The van der Waals surface area contributed by atoms with Gasteiger partial charge in [-0.25, -0.2) is 9.69 Å². The van der Waals surface area contributed by atoms with Gasteiger partial charge >= 0.3 is 6.09 Å². The van der Waals surface area contributed by atoms with E-state index in [-0.39, 0.29) is 23.3 Å². The molecule has 0 bridgehead atoms. The zero-order valence-electron chi connectivity index (χ0n) is 11.7. The number of hydrogen-bond donors (Lipinski definition) is 0. The molecule has 0 aromatic heterocycles. The van der Waals surface area contributed by atoms with Gasteiger partial charge < -0.3 is 4.74 Å². The fourth-order valence-electron chi connectivity index (χ4n) is 4.12. The van der Waals surface area contributed by atoms with Crippen LogP contribution in [0.2, 0.25) is 0 Å². The van der Waals surface area contributed by atoms with E-state index in [0.29, 0.717) is 11.8 Å². The van der Waals surface area contributed by atoms with Crippen molar-refractivity contribution in [2.45, 2.75) is 52.7 Å². The lowest BCUT2D eigenvalue weighted by atomic mass is 9.40. The van der Waals surface area contributed by atoms with E-state index in [1.54, 1.807) is 0 Å². The van der Waals surface area contributed by atoms with Crippen molar-refractivity contribution in [3.05, 3.63) is 0 Å². The van der Waals surface area contributed by atoms with Crippen LogP contribution in [0.5, 0.6) is 0 Å². The first kappa shape index (κ1) is 12.0. The zero-order chi connectivity index (χ0) is 13.5. The van der Waals surface area contributed by atoms with Gasteiger partial charge in [0.05, 0.1) is 0 Å². The van der Waals surface area contributed by atoms with Gasteiger partial charge in [-0.05, 0) is 44.4 Å². The van der Waals surface area contributed by atoms with Crippen LogP contribution in [0.3, 0.4) is 0 Å². The van der Waals surface area contributed by atoms with Gasteiger partial charge in [-0.15, -0.1) is 0 Å². The van der Waals surface area contributed by atoms with Gasteiger partial charge in [-0.2, -0.15) is 0 Å². The molecule has 0 radical (unpaired) electrons. The Hall–Kier alpha value is -1.06. The van der Waals surface area contributed by atoms with Crippen LogP contribution in [0.25, 0.3) is 0 Å². The predicted molar refractivity (Wildman–Crippen MR) is 65.7 cm³/mol. The van der Waals surface area contributed by atoms with Crippen LogP contribution in [0, 0.1) is 23.2 Å². The van der Waals surface area contributed by atoms with Gasteiger partial charge in [0.15, 0.2) is 0 Å². The molecule has 4 nitrogen and oxygen atoms in total. The van der Waals surface area contributed by atoms with E-state index >= 15 is 0 Å². The molecule has 0 aromatic carbocycles. The molecule has 2 saturated carbocycles. The van der Waals surface area contributed by atoms with Crippen LogP contribution in [-0.2, 0) is 9.53 Å². The van der Waals surface area contributed by atoms with Crippen molar-refractivity contribution in [3.8, 4) is 0 Å². The van der Waals surface area contributed by atoms with Crippen LogP contribution >= 0.6 is 0 Å². The van der Waals surface area contributed by atoms with E-state index < -0.39 is 11.7 Å². The molecule has 100 valence electrons. The van der Waals surface area contributed by atoms with Gasteiger partial charge in [0, 0.05) is 12.0 Å². The number of carbonyl (C=O) groups excluding carboxylic acids is 2. The SMILES string of the molecule is CC(C)(C)OC(=O)N1C(=O)C2C3C1CC3C2(C)C. The highest BCUT2D eigenvalue weighted by atomic mass is 16.6. The summed E-state index contributed by atoms with van der Waals surface area (Å²) in [5.74, 6) is 1.04. The summed E-state index contributed by atoms with van der Waals surface area (Å²) in [6.45, 7) is 9.77. The van der Waals surface area contributed by atoms with Crippen molar-refractivity contribution in [1.82, 2.24) is 4.90 Å². The average molecular weight is 251 g/mol. The number of nitrogens with zero attached hydrogens (tertiary/aromatic N) is 1. The highest BCUT2D eigenvalue weighted by Gasteiger charge is 2.75. The van der Waals surface area contributed by atoms with Gasteiger partial charge in [-0.1, -0.05) is 13.8 Å². The van der Waals surface area contributed by atoms with Crippen LogP contribution in [0.15, 0.2) is 0 Å². The summed E-state index contributed by atoms with van der Waals surface area (Å²) in [5.41, 5.74) is -0.479. The third-order valence-electron chi connectivity index (χ3n) is 4.97. The molecule has 0 N–H and O–H groups in total. The first-order chi connectivity index (χ1) is 8.14. The second kappa shape index (κ2) is 3.09. The lowest BCUT2D eigenvalue weighted by Gasteiger charge is -2.62. The summed E-state index contributed by atoms with van der Waals surface area (Å²) in [6.07, 6.45) is 0.500. The average Bonchev–Trinajstić information content (AvgIpc) is 2.27. The maximum atomic E-state index is 12.4. The highest BCUT2D eigenvalue weighted by Crippen LogP contribution is 2.70. The second-order valence-electron chi connectivity index (χ2n) is 7.47. The standard InChI is InChI=1S/C14H21NO3/c1-13(2,3)18-12(17)15-8-6-7-9(8)10(11(15)16)14(7,4)5/h7-10H,6H2,1-5H3. The molecule has 0 aromatic rings. The molecule has 4 unspecified atom stereocenters. The Bertz CT molecular complexity index is 435. The number of carbonyl (C=O) groups is 2. The lowest BCUT2D eigenvalue weighted by Crippen LogP contribution is -2.63. The summed E-state index contributed by atoms with van der Waals surface area (Å²) in [7, 11) is 0. The lowest BCUT2D eigenvalue weighted by molar-refractivity contribution is -0.161. The minimum Gasteiger partial charge on any atom is -0.443 e. The topological polar surface area (TPSA) is 46.6 Å². The molecule has 1 saturated heterocycles. The molecule has 0 spiro atoms. The summed E-state index contributed by atoms with van der Waals surface area (Å²) >= 11 is 0. The maximum absolute atomic E-state index is 12.4. The molecule has 1 aliphatic heterocycles. The first-order valence-corrected chi connectivity index (χ1v) is 6.70. The fourth-order valence-corrected chi connectivity index (χ4v) is 4.12. The van der Waals surface area contributed by atoms with E-state index in [9.17, 15) is 9.59 Å². The minimum atomic E-state index is -0.544. The molecule has 4 atom stereocenters. The Morgan fingerprint density at radius 2 is 2.00 bits per heavy atom. The smallest absolute Gasteiger partial charge is 0.417 e.